The summed E-state index contributed by atoms with van der Waals surface area (Å²) in [6.07, 6.45) is 36.5. The molecular formula is C37H76NO6P. The van der Waals surface area contributed by atoms with Crippen molar-refractivity contribution < 1.29 is 28.8 Å². The lowest BCUT2D eigenvalue weighted by molar-refractivity contribution is -0.123. The van der Waals surface area contributed by atoms with Gasteiger partial charge in [0, 0.05) is 6.42 Å². The fourth-order valence-corrected chi connectivity index (χ4v) is 6.47. The van der Waals surface area contributed by atoms with Crippen LogP contribution in [0.15, 0.2) is 0 Å². The van der Waals surface area contributed by atoms with E-state index >= 15 is 0 Å². The normalized spacial score (nSPS) is 13.3. The van der Waals surface area contributed by atoms with Crippen LogP contribution in [0.5, 0.6) is 0 Å². The molecule has 270 valence electrons. The molecule has 45 heavy (non-hydrogen) atoms. The summed E-state index contributed by atoms with van der Waals surface area (Å²) < 4.78 is 15.9. The second-order valence-electron chi connectivity index (χ2n) is 13.6. The summed E-state index contributed by atoms with van der Waals surface area (Å²) in [6, 6.07) is -0.816. The predicted octanol–water partition coefficient (Wildman–Crippen LogP) is 11.1. The number of nitrogens with one attached hydrogen (secondary N) is 1. The molecule has 0 spiro atoms. The van der Waals surface area contributed by atoms with E-state index in [1.54, 1.807) is 0 Å². The third kappa shape index (κ3) is 34.7. The van der Waals surface area contributed by atoms with Gasteiger partial charge in [-0.05, 0) is 12.8 Å². The van der Waals surface area contributed by atoms with E-state index in [2.05, 4.69) is 23.7 Å². The highest BCUT2D eigenvalue weighted by Crippen LogP contribution is 2.36. The van der Waals surface area contributed by atoms with Gasteiger partial charge in [0.1, 0.15) is 0 Å². The molecule has 0 aliphatic carbocycles. The van der Waals surface area contributed by atoms with Gasteiger partial charge in [0.25, 0.3) is 0 Å². The quantitative estimate of drug-likeness (QED) is 0.0392. The van der Waals surface area contributed by atoms with Crippen LogP contribution in [0.3, 0.4) is 0 Å². The number of aliphatic hydroxyl groups is 1. The predicted molar refractivity (Wildman–Crippen MR) is 190 cm³/mol. The first-order valence-corrected chi connectivity index (χ1v) is 21.0. The largest absolute Gasteiger partial charge is 0.469 e. The Hall–Kier alpha value is -0.460. The zero-order valence-corrected chi connectivity index (χ0v) is 30.7. The molecule has 0 radical (unpaired) electrons. The molecule has 0 fully saturated rings. The third-order valence-corrected chi connectivity index (χ3v) is 9.58. The van der Waals surface area contributed by atoms with E-state index < -0.39 is 26.6 Å². The van der Waals surface area contributed by atoms with Crippen molar-refractivity contribution in [3.8, 4) is 0 Å². The molecule has 1 amide bonds. The highest BCUT2D eigenvalue weighted by Gasteiger charge is 2.25. The number of phosphoric ester groups is 1. The first-order valence-electron chi connectivity index (χ1n) is 19.5. The number of aliphatic hydroxyl groups excluding tert-OH is 1. The van der Waals surface area contributed by atoms with E-state index in [4.69, 9.17) is 9.79 Å². The fourth-order valence-electron chi connectivity index (χ4n) is 6.11. The van der Waals surface area contributed by atoms with Gasteiger partial charge < -0.3 is 20.2 Å². The van der Waals surface area contributed by atoms with Gasteiger partial charge in [-0.2, -0.15) is 0 Å². The SMILES string of the molecule is CCCCCCCCCCCCCCCCCC(=O)N[C@@H](COP(=O)(O)O)[C@H](O)CCCCCCCCCCCCCCCC. The lowest BCUT2D eigenvalue weighted by atomic mass is 10.0. The summed E-state index contributed by atoms with van der Waals surface area (Å²) in [5.41, 5.74) is 0. The van der Waals surface area contributed by atoms with Gasteiger partial charge in [0.15, 0.2) is 0 Å². The summed E-state index contributed by atoms with van der Waals surface area (Å²) in [7, 11) is -4.68. The first kappa shape index (κ1) is 44.5. The average Bonchev–Trinajstić information content (AvgIpc) is 3.00. The van der Waals surface area contributed by atoms with Gasteiger partial charge in [-0.25, -0.2) is 4.57 Å². The van der Waals surface area contributed by atoms with Gasteiger partial charge in [-0.1, -0.05) is 194 Å². The molecule has 0 aliphatic heterocycles. The van der Waals surface area contributed by atoms with Crippen LogP contribution in [0.25, 0.3) is 0 Å². The van der Waals surface area contributed by atoms with Gasteiger partial charge in [0.05, 0.1) is 18.8 Å². The second-order valence-corrected chi connectivity index (χ2v) is 14.9. The highest BCUT2D eigenvalue weighted by atomic mass is 31.2. The molecule has 0 saturated carbocycles. The number of amides is 1. The van der Waals surface area contributed by atoms with Crippen LogP contribution >= 0.6 is 7.82 Å². The van der Waals surface area contributed by atoms with E-state index in [1.165, 1.54) is 148 Å². The Bertz CT molecular complexity index is 673. The molecule has 4 N–H and O–H groups in total. The molecule has 8 heteroatoms. The Kier molecular flexibility index (Phi) is 33.1. The molecule has 0 aliphatic rings. The van der Waals surface area contributed by atoms with Crippen LogP contribution in [0, 0.1) is 0 Å². The number of rotatable bonds is 36. The Morgan fingerprint density at radius 1 is 0.556 bits per heavy atom. The number of unbranched alkanes of at least 4 members (excludes halogenated alkanes) is 27. The Morgan fingerprint density at radius 2 is 0.867 bits per heavy atom. The zero-order valence-electron chi connectivity index (χ0n) is 29.8. The molecule has 0 rings (SSSR count). The standard InChI is InChI=1S/C37H76NO6P/c1-3-5-7-9-11-13-15-17-19-21-23-25-27-29-31-33-37(40)38-35(34-44-45(41,42)43)36(39)32-30-28-26-24-22-20-18-16-14-12-10-8-6-4-2/h35-36,39H,3-34H2,1-2H3,(H,38,40)(H2,41,42,43)/t35-,36+/m0/s1. The van der Waals surface area contributed by atoms with Crippen molar-refractivity contribution >= 4 is 13.7 Å². The average molecular weight is 662 g/mol. The van der Waals surface area contributed by atoms with Crippen molar-refractivity contribution in [2.24, 2.45) is 0 Å². The number of carbonyl (C=O) groups excluding carboxylic acids is 1. The summed E-state index contributed by atoms with van der Waals surface area (Å²) in [6.45, 7) is 4.12. The minimum Gasteiger partial charge on any atom is -0.391 e. The summed E-state index contributed by atoms with van der Waals surface area (Å²) in [5, 5.41) is 13.5. The summed E-state index contributed by atoms with van der Waals surface area (Å²) >= 11 is 0. The summed E-state index contributed by atoms with van der Waals surface area (Å²) in [5.74, 6) is -0.191. The molecule has 0 unspecified atom stereocenters. The van der Waals surface area contributed by atoms with Crippen molar-refractivity contribution in [1.82, 2.24) is 5.32 Å². The topological polar surface area (TPSA) is 116 Å². The number of phosphoric acid groups is 1. The van der Waals surface area contributed by atoms with Crippen molar-refractivity contribution in [3.63, 3.8) is 0 Å². The van der Waals surface area contributed by atoms with Crippen LogP contribution in [0.2, 0.25) is 0 Å². The molecule has 2 atom stereocenters. The molecule has 0 aromatic heterocycles. The number of hydrogen-bond acceptors (Lipinski definition) is 4. The molecule has 0 heterocycles. The van der Waals surface area contributed by atoms with Crippen LogP contribution in [0.1, 0.15) is 213 Å². The Morgan fingerprint density at radius 3 is 1.20 bits per heavy atom. The van der Waals surface area contributed by atoms with E-state index in [0.29, 0.717) is 12.8 Å². The molecule has 0 aromatic carbocycles. The maximum absolute atomic E-state index is 12.5. The zero-order chi connectivity index (χ0) is 33.3. The van der Waals surface area contributed by atoms with E-state index in [9.17, 15) is 14.5 Å². The Labute approximate surface area is 279 Å². The van der Waals surface area contributed by atoms with Crippen molar-refractivity contribution in [1.29, 1.82) is 0 Å². The second kappa shape index (κ2) is 33.4. The minimum absolute atomic E-state index is 0.191. The minimum atomic E-state index is -4.68. The third-order valence-electron chi connectivity index (χ3n) is 9.09. The lowest BCUT2D eigenvalue weighted by Gasteiger charge is -2.24. The van der Waals surface area contributed by atoms with Crippen LogP contribution in [0.4, 0.5) is 0 Å². The van der Waals surface area contributed by atoms with Crippen LogP contribution in [-0.2, 0) is 13.9 Å². The molecule has 0 aromatic rings. The molecule has 7 nitrogen and oxygen atoms in total. The number of hydrogen-bond donors (Lipinski definition) is 4. The smallest absolute Gasteiger partial charge is 0.391 e. The molecule has 0 bridgehead atoms. The molecule has 0 saturated heterocycles. The van der Waals surface area contributed by atoms with Crippen LogP contribution < -0.4 is 5.32 Å². The van der Waals surface area contributed by atoms with Crippen LogP contribution in [-0.4, -0.2) is 39.6 Å². The lowest BCUT2D eigenvalue weighted by Crippen LogP contribution is -2.46. The molecular weight excluding hydrogens is 585 g/mol. The highest BCUT2D eigenvalue weighted by molar-refractivity contribution is 7.46. The van der Waals surface area contributed by atoms with E-state index in [1.807, 2.05) is 0 Å². The van der Waals surface area contributed by atoms with Gasteiger partial charge in [-0.15, -0.1) is 0 Å². The maximum Gasteiger partial charge on any atom is 0.469 e. The van der Waals surface area contributed by atoms with Crippen molar-refractivity contribution in [2.45, 2.75) is 225 Å². The van der Waals surface area contributed by atoms with E-state index in [-0.39, 0.29) is 5.91 Å². The monoisotopic (exact) mass is 662 g/mol. The van der Waals surface area contributed by atoms with Crippen molar-refractivity contribution in [2.75, 3.05) is 6.61 Å². The van der Waals surface area contributed by atoms with E-state index in [0.717, 1.165) is 38.5 Å². The van der Waals surface area contributed by atoms with Gasteiger partial charge >= 0.3 is 7.82 Å². The fraction of sp³-hybridized carbons (Fsp3) is 0.973. The summed E-state index contributed by atoms with van der Waals surface area (Å²) in [4.78, 5) is 30.8. The Balaban J connectivity index is 3.93. The van der Waals surface area contributed by atoms with Gasteiger partial charge in [-0.3, -0.25) is 9.32 Å². The number of carbonyl (C=O) groups is 1. The van der Waals surface area contributed by atoms with Crippen molar-refractivity contribution in [3.05, 3.63) is 0 Å². The van der Waals surface area contributed by atoms with Gasteiger partial charge in [0.2, 0.25) is 5.91 Å². The first-order chi connectivity index (χ1) is 21.8. The maximum atomic E-state index is 12.5.